The molecule has 4 rings (SSSR count). The summed E-state index contributed by atoms with van der Waals surface area (Å²) in [6, 6.07) is 0. The predicted octanol–water partition coefficient (Wildman–Crippen LogP) is 2.47. The van der Waals surface area contributed by atoms with Gasteiger partial charge in [-0.1, -0.05) is 17.8 Å². The molecule has 1 fully saturated rings. The van der Waals surface area contributed by atoms with Gasteiger partial charge in [0.05, 0.1) is 19.0 Å². The first kappa shape index (κ1) is 18.7. The quantitative estimate of drug-likeness (QED) is 0.565. The van der Waals surface area contributed by atoms with Crippen LogP contribution in [0, 0.1) is 0 Å². The molecule has 2 aliphatic rings. The Morgan fingerprint density at radius 2 is 2.07 bits per heavy atom. The van der Waals surface area contributed by atoms with E-state index >= 15 is 0 Å². The third-order valence-electron chi connectivity index (χ3n) is 5.01. The highest BCUT2D eigenvalue weighted by molar-refractivity contribution is 7.99. The number of hydrogen-bond donors (Lipinski definition) is 0. The molecular weight excluding hydrogens is 382 g/mol. The van der Waals surface area contributed by atoms with Gasteiger partial charge in [0.1, 0.15) is 10.3 Å². The van der Waals surface area contributed by atoms with Gasteiger partial charge < -0.3 is 14.2 Å². The maximum absolute atomic E-state index is 12.9. The van der Waals surface area contributed by atoms with Gasteiger partial charge in [-0.25, -0.2) is 4.98 Å². The van der Waals surface area contributed by atoms with Crippen molar-refractivity contribution in [2.24, 2.45) is 0 Å². The van der Waals surface area contributed by atoms with Crippen LogP contribution in [-0.2, 0) is 28.9 Å². The van der Waals surface area contributed by atoms with Gasteiger partial charge in [-0.3, -0.25) is 9.59 Å². The van der Waals surface area contributed by atoms with Crippen LogP contribution in [0.2, 0.25) is 0 Å². The number of imidazole rings is 1. The summed E-state index contributed by atoms with van der Waals surface area (Å²) >= 11 is 3.09. The van der Waals surface area contributed by atoms with Gasteiger partial charge in [0.15, 0.2) is 5.16 Å². The maximum atomic E-state index is 12.9. The zero-order valence-corrected chi connectivity index (χ0v) is 16.9. The minimum atomic E-state index is 0.0719. The molecule has 8 heteroatoms. The fourth-order valence-electron chi connectivity index (χ4n) is 3.59. The molecule has 0 atom stereocenters. The Kier molecular flexibility index (Phi) is 5.66. The fraction of sp³-hybridized carbons (Fsp3) is 0.526. The number of carbonyl (C=O) groups is 1. The number of fused-ring (bicyclic) bond motifs is 2. The van der Waals surface area contributed by atoms with E-state index in [0.29, 0.717) is 44.1 Å². The van der Waals surface area contributed by atoms with Crippen molar-refractivity contribution in [3.63, 3.8) is 0 Å². The standard InChI is InChI=1S/C19H23N3O3S2/c1-2-7-22-18-16(17(24)13-5-3-4-6-14(13)27-18)20-19(22)26-12-15(23)21-8-10-25-11-9-21/h2H,1,3-12H2. The second-order valence-electron chi connectivity index (χ2n) is 6.77. The Bertz CT molecular complexity index is 928. The van der Waals surface area contributed by atoms with Crippen LogP contribution in [0.4, 0.5) is 0 Å². The van der Waals surface area contributed by atoms with Gasteiger partial charge in [0, 0.05) is 30.1 Å². The number of ether oxygens (including phenoxy) is 1. The minimum absolute atomic E-state index is 0.0719. The molecule has 1 amide bonds. The number of allylic oxidation sites excluding steroid dienone is 1. The third-order valence-corrected chi connectivity index (χ3v) is 7.28. The molecule has 3 heterocycles. The molecule has 0 saturated carbocycles. The van der Waals surface area contributed by atoms with Crippen molar-refractivity contribution in [1.82, 2.24) is 14.5 Å². The molecule has 2 aromatic heterocycles. The van der Waals surface area contributed by atoms with Crippen LogP contribution in [0.5, 0.6) is 0 Å². The summed E-state index contributed by atoms with van der Waals surface area (Å²) in [5.74, 6) is 0.407. The molecule has 2 aromatic rings. The van der Waals surface area contributed by atoms with Gasteiger partial charge in [0.25, 0.3) is 0 Å². The van der Waals surface area contributed by atoms with Crippen molar-refractivity contribution < 1.29 is 9.53 Å². The lowest BCUT2D eigenvalue weighted by molar-refractivity contribution is -0.132. The van der Waals surface area contributed by atoms with E-state index in [0.717, 1.165) is 41.2 Å². The van der Waals surface area contributed by atoms with Crippen LogP contribution in [0.3, 0.4) is 0 Å². The summed E-state index contributed by atoms with van der Waals surface area (Å²) in [6.45, 7) is 6.90. The smallest absolute Gasteiger partial charge is 0.233 e. The molecule has 0 unspecified atom stereocenters. The average Bonchev–Trinajstić information content (AvgIpc) is 3.05. The van der Waals surface area contributed by atoms with Crippen molar-refractivity contribution in [3.05, 3.63) is 33.3 Å². The van der Waals surface area contributed by atoms with E-state index < -0.39 is 0 Å². The van der Waals surface area contributed by atoms with Crippen LogP contribution in [0.1, 0.15) is 23.3 Å². The van der Waals surface area contributed by atoms with Gasteiger partial charge in [0.2, 0.25) is 11.3 Å². The van der Waals surface area contributed by atoms with Gasteiger partial charge in [-0.15, -0.1) is 17.9 Å². The number of aryl methyl sites for hydroxylation is 1. The number of rotatable bonds is 5. The highest BCUT2D eigenvalue weighted by Gasteiger charge is 2.23. The maximum Gasteiger partial charge on any atom is 0.233 e. The molecule has 1 aliphatic carbocycles. The highest BCUT2D eigenvalue weighted by Crippen LogP contribution is 2.31. The Hall–Kier alpha value is -1.64. The second-order valence-corrected chi connectivity index (χ2v) is 8.80. The first-order valence-corrected chi connectivity index (χ1v) is 11.1. The van der Waals surface area contributed by atoms with E-state index in [1.165, 1.54) is 16.6 Å². The van der Waals surface area contributed by atoms with E-state index in [-0.39, 0.29) is 11.3 Å². The lowest BCUT2D eigenvalue weighted by Crippen LogP contribution is -2.41. The zero-order valence-electron chi connectivity index (χ0n) is 15.2. The highest BCUT2D eigenvalue weighted by atomic mass is 32.2. The summed E-state index contributed by atoms with van der Waals surface area (Å²) < 4.78 is 7.33. The minimum Gasteiger partial charge on any atom is -0.378 e. The van der Waals surface area contributed by atoms with Crippen molar-refractivity contribution in [1.29, 1.82) is 0 Å². The number of hydrogen-bond acceptors (Lipinski definition) is 6. The number of morpholine rings is 1. The lowest BCUT2D eigenvalue weighted by Gasteiger charge is -2.26. The van der Waals surface area contributed by atoms with Crippen molar-refractivity contribution >= 4 is 39.4 Å². The van der Waals surface area contributed by atoms with Gasteiger partial charge >= 0.3 is 0 Å². The Balaban J connectivity index is 1.64. The molecule has 1 aliphatic heterocycles. The molecule has 144 valence electrons. The Labute approximate surface area is 166 Å². The predicted molar refractivity (Wildman–Crippen MR) is 109 cm³/mol. The summed E-state index contributed by atoms with van der Waals surface area (Å²) in [6.07, 6.45) is 5.85. The van der Waals surface area contributed by atoms with Crippen LogP contribution < -0.4 is 5.43 Å². The summed E-state index contributed by atoms with van der Waals surface area (Å²) in [5.41, 5.74) is 1.56. The fourth-order valence-corrected chi connectivity index (χ4v) is 5.86. The first-order valence-electron chi connectivity index (χ1n) is 9.33. The van der Waals surface area contributed by atoms with Crippen molar-refractivity contribution in [2.75, 3.05) is 32.1 Å². The van der Waals surface area contributed by atoms with E-state index in [9.17, 15) is 9.59 Å². The number of aromatic nitrogens is 2. The van der Waals surface area contributed by atoms with Crippen LogP contribution in [0.25, 0.3) is 10.3 Å². The lowest BCUT2D eigenvalue weighted by atomic mass is 9.98. The summed E-state index contributed by atoms with van der Waals surface area (Å²) in [5, 5.41) is 0.724. The molecular formula is C19H23N3O3S2. The van der Waals surface area contributed by atoms with Crippen LogP contribution in [0.15, 0.2) is 22.6 Å². The number of nitrogens with zero attached hydrogens (tertiary/aromatic N) is 3. The molecule has 27 heavy (non-hydrogen) atoms. The van der Waals surface area contributed by atoms with E-state index in [1.54, 1.807) is 11.3 Å². The monoisotopic (exact) mass is 405 g/mol. The third kappa shape index (κ3) is 3.70. The summed E-state index contributed by atoms with van der Waals surface area (Å²) in [4.78, 5) is 34.0. The second kappa shape index (κ2) is 8.16. The zero-order chi connectivity index (χ0) is 18.8. The average molecular weight is 406 g/mol. The molecule has 0 bridgehead atoms. The van der Waals surface area contributed by atoms with E-state index in [2.05, 4.69) is 11.6 Å². The van der Waals surface area contributed by atoms with E-state index in [1.807, 2.05) is 15.5 Å². The molecule has 6 nitrogen and oxygen atoms in total. The summed E-state index contributed by atoms with van der Waals surface area (Å²) in [7, 11) is 0. The van der Waals surface area contributed by atoms with E-state index in [4.69, 9.17) is 4.74 Å². The van der Waals surface area contributed by atoms with Crippen LogP contribution in [-0.4, -0.2) is 52.4 Å². The number of thioether (sulfide) groups is 1. The normalized spacial score (nSPS) is 17.1. The number of amides is 1. The molecule has 0 N–H and O–H groups in total. The topological polar surface area (TPSA) is 64.4 Å². The molecule has 1 saturated heterocycles. The van der Waals surface area contributed by atoms with Crippen molar-refractivity contribution in [2.45, 2.75) is 37.4 Å². The number of carbonyl (C=O) groups excluding carboxylic acids is 1. The van der Waals surface area contributed by atoms with Crippen molar-refractivity contribution in [3.8, 4) is 0 Å². The SMILES string of the molecule is C=CCn1c(SCC(=O)N2CCOCC2)nc2c(=O)c3c(sc21)CCCC3. The Morgan fingerprint density at radius 3 is 2.85 bits per heavy atom. The van der Waals surface area contributed by atoms with Gasteiger partial charge in [-0.05, 0) is 25.7 Å². The molecule has 0 aromatic carbocycles. The molecule has 0 radical (unpaired) electrons. The largest absolute Gasteiger partial charge is 0.378 e. The van der Waals surface area contributed by atoms with Crippen LogP contribution >= 0.6 is 23.1 Å². The molecule has 0 spiro atoms. The van der Waals surface area contributed by atoms with Gasteiger partial charge in [-0.2, -0.15) is 0 Å². The Morgan fingerprint density at radius 1 is 1.30 bits per heavy atom. The first-order chi connectivity index (χ1) is 13.2.